The summed E-state index contributed by atoms with van der Waals surface area (Å²) < 4.78 is 56.2. The van der Waals surface area contributed by atoms with Crippen molar-refractivity contribution in [3.63, 3.8) is 0 Å². The molecule has 1 aromatic heterocycles. The molecule has 2 fully saturated rings. The van der Waals surface area contributed by atoms with Gasteiger partial charge in [-0.1, -0.05) is 36.4 Å². The molecule has 1 aliphatic heterocycles. The minimum atomic E-state index is -4.52. The van der Waals surface area contributed by atoms with Gasteiger partial charge in [0.05, 0.1) is 37.0 Å². The highest BCUT2D eigenvalue weighted by Crippen LogP contribution is 2.37. The van der Waals surface area contributed by atoms with E-state index in [9.17, 15) is 18.0 Å². The number of piperidine rings is 1. The second kappa shape index (κ2) is 10.6. The number of alkyl halides is 3. The smallest absolute Gasteiger partial charge is 0.416 e. The van der Waals surface area contributed by atoms with Crippen LogP contribution in [0, 0.1) is 5.92 Å². The lowest BCUT2D eigenvalue weighted by Crippen LogP contribution is -2.38. The molecule has 1 saturated heterocycles. The number of hydrogen-bond donors (Lipinski definition) is 0. The number of imidazole rings is 1. The van der Waals surface area contributed by atoms with E-state index in [1.54, 1.807) is 16.7 Å². The molecule has 0 atom stereocenters. The number of aromatic nitrogens is 2. The number of methoxy groups -OCH3 is 1. The molecule has 2 aliphatic rings. The van der Waals surface area contributed by atoms with Gasteiger partial charge in [-0.25, -0.2) is 4.79 Å². The van der Waals surface area contributed by atoms with Crippen LogP contribution < -0.4 is 20.1 Å². The predicted molar refractivity (Wildman–Crippen MR) is 148 cm³/mol. The number of anilines is 1. The standard InChI is InChI=1S/C31H32F3N3O3/c1-39-28-12-6-10-26-29(28)36(19-22-7-2-3-8-24(22)31(32,33)34)30(38)37(26)23-15-17-35(18-16-23)25-9-4-5-11-27(25)40-20-21-13-14-21/h2-12,21,23H,13-20H2,1H3. The van der Waals surface area contributed by atoms with Crippen LogP contribution in [0.1, 0.15) is 42.9 Å². The highest BCUT2D eigenvalue weighted by Gasteiger charge is 2.34. The largest absolute Gasteiger partial charge is 0.494 e. The van der Waals surface area contributed by atoms with Gasteiger partial charge in [0.25, 0.3) is 0 Å². The van der Waals surface area contributed by atoms with E-state index in [1.165, 1.54) is 36.7 Å². The number of rotatable bonds is 8. The molecule has 6 nitrogen and oxygen atoms in total. The highest BCUT2D eigenvalue weighted by atomic mass is 19.4. The number of para-hydroxylation sites is 3. The fraction of sp³-hybridized carbons (Fsp3) is 0.387. The number of halogens is 3. The Labute approximate surface area is 230 Å². The summed E-state index contributed by atoms with van der Waals surface area (Å²) in [7, 11) is 1.51. The highest BCUT2D eigenvalue weighted by molar-refractivity contribution is 5.83. The molecule has 0 radical (unpaired) electrons. The van der Waals surface area contributed by atoms with E-state index in [0.29, 0.717) is 35.5 Å². The van der Waals surface area contributed by atoms with Crippen LogP contribution >= 0.6 is 0 Å². The molecule has 3 aromatic carbocycles. The lowest BCUT2D eigenvalue weighted by atomic mass is 10.0. The number of fused-ring (bicyclic) bond motifs is 1. The second-order valence-corrected chi connectivity index (χ2v) is 10.7. The minimum Gasteiger partial charge on any atom is -0.494 e. The van der Waals surface area contributed by atoms with E-state index in [2.05, 4.69) is 11.0 Å². The summed E-state index contributed by atoms with van der Waals surface area (Å²) in [5.41, 5.74) is 1.20. The summed E-state index contributed by atoms with van der Waals surface area (Å²) in [5.74, 6) is 2.00. The monoisotopic (exact) mass is 551 g/mol. The Bertz CT molecular complexity index is 1560. The van der Waals surface area contributed by atoms with Crippen molar-refractivity contribution in [2.24, 2.45) is 5.92 Å². The van der Waals surface area contributed by atoms with Crippen LogP contribution in [0.5, 0.6) is 11.5 Å². The first-order valence-electron chi connectivity index (χ1n) is 13.7. The van der Waals surface area contributed by atoms with Crippen LogP contribution in [0.25, 0.3) is 11.0 Å². The van der Waals surface area contributed by atoms with Gasteiger partial charge < -0.3 is 14.4 Å². The van der Waals surface area contributed by atoms with Crippen LogP contribution in [0.4, 0.5) is 18.9 Å². The lowest BCUT2D eigenvalue weighted by Gasteiger charge is -2.35. The maximum absolute atomic E-state index is 13.9. The van der Waals surface area contributed by atoms with Crippen molar-refractivity contribution in [3.8, 4) is 11.5 Å². The zero-order chi connectivity index (χ0) is 27.9. The molecule has 4 aromatic rings. The topological polar surface area (TPSA) is 48.6 Å². The molecule has 0 spiro atoms. The van der Waals surface area contributed by atoms with E-state index < -0.39 is 11.7 Å². The quantitative estimate of drug-likeness (QED) is 0.251. The number of ether oxygens (including phenoxy) is 2. The minimum absolute atomic E-state index is 0.0414. The SMILES string of the molecule is COc1cccc2c1n(Cc1ccccc1C(F)(F)F)c(=O)n2C1CCN(c2ccccc2OCC2CC2)CC1. The van der Waals surface area contributed by atoms with Crippen molar-refractivity contribution >= 4 is 16.7 Å². The molecular weight excluding hydrogens is 519 g/mol. The molecule has 210 valence electrons. The summed E-state index contributed by atoms with van der Waals surface area (Å²) in [4.78, 5) is 16.2. The predicted octanol–water partition coefficient (Wildman–Crippen LogP) is 6.51. The Hall–Kier alpha value is -3.88. The number of hydrogen-bond acceptors (Lipinski definition) is 4. The van der Waals surface area contributed by atoms with Gasteiger partial charge in [-0.15, -0.1) is 0 Å². The van der Waals surface area contributed by atoms with Crippen molar-refractivity contribution < 1.29 is 22.6 Å². The Kier molecular flexibility index (Phi) is 6.98. The molecule has 1 saturated carbocycles. The van der Waals surface area contributed by atoms with Crippen molar-refractivity contribution in [1.82, 2.24) is 9.13 Å². The van der Waals surface area contributed by atoms with Crippen molar-refractivity contribution in [1.29, 1.82) is 0 Å². The molecule has 1 aliphatic carbocycles. The third-order valence-electron chi connectivity index (χ3n) is 8.02. The van der Waals surface area contributed by atoms with Crippen molar-refractivity contribution in [2.45, 2.75) is 44.4 Å². The second-order valence-electron chi connectivity index (χ2n) is 10.7. The Morgan fingerprint density at radius 3 is 2.30 bits per heavy atom. The van der Waals surface area contributed by atoms with Gasteiger partial charge >= 0.3 is 11.9 Å². The first kappa shape index (κ1) is 26.3. The summed E-state index contributed by atoms with van der Waals surface area (Å²) in [6, 6.07) is 18.8. The Morgan fingerprint density at radius 2 is 1.57 bits per heavy atom. The molecule has 9 heteroatoms. The lowest BCUT2D eigenvalue weighted by molar-refractivity contribution is -0.138. The Morgan fingerprint density at radius 1 is 0.875 bits per heavy atom. The fourth-order valence-corrected chi connectivity index (χ4v) is 5.77. The van der Waals surface area contributed by atoms with Crippen molar-refractivity contribution in [2.75, 3.05) is 31.7 Å². The molecule has 2 heterocycles. The maximum Gasteiger partial charge on any atom is 0.416 e. The van der Waals surface area contributed by atoms with Crippen LogP contribution in [-0.2, 0) is 12.7 Å². The molecular formula is C31H32F3N3O3. The first-order valence-corrected chi connectivity index (χ1v) is 13.7. The third-order valence-corrected chi connectivity index (χ3v) is 8.02. The van der Waals surface area contributed by atoms with E-state index >= 15 is 0 Å². The van der Waals surface area contributed by atoms with Crippen LogP contribution in [0.3, 0.4) is 0 Å². The van der Waals surface area contributed by atoms with Gasteiger partial charge in [-0.05, 0) is 67.5 Å². The van der Waals surface area contributed by atoms with Gasteiger partial charge in [-0.2, -0.15) is 13.2 Å². The van der Waals surface area contributed by atoms with Crippen molar-refractivity contribution in [3.05, 3.63) is 88.3 Å². The van der Waals surface area contributed by atoms with E-state index in [1.807, 2.05) is 30.3 Å². The molecule has 0 N–H and O–H groups in total. The summed E-state index contributed by atoms with van der Waals surface area (Å²) >= 11 is 0. The summed E-state index contributed by atoms with van der Waals surface area (Å²) in [6.07, 6.45) is -0.641. The zero-order valence-corrected chi connectivity index (χ0v) is 22.4. The molecule has 0 amide bonds. The fourth-order valence-electron chi connectivity index (χ4n) is 5.77. The van der Waals surface area contributed by atoms with Crippen LogP contribution in [-0.4, -0.2) is 35.9 Å². The van der Waals surface area contributed by atoms with E-state index in [-0.39, 0.29) is 23.8 Å². The van der Waals surface area contributed by atoms with Gasteiger partial charge in [0.1, 0.15) is 17.0 Å². The van der Waals surface area contributed by atoms with E-state index in [4.69, 9.17) is 9.47 Å². The first-order chi connectivity index (χ1) is 19.3. The number of benzene rings is 3. The summed E-state index contributed by atoms with van der Waals surface area (Å²) in [5, 5.41) is 0. The summed E-state index contributed by atoms with van der Waals surface area (Å²) in [6.45, 7) is 1.99. The molecule has 0 unspecified atom stereocenters. The van der Waals surface area contributed by atoms with Crippen LogP contribution in [0.2, 0.25) is 0 Å². The van der Waals surface area contributed by atoms with Gasteiger partial charge in [-0.3, -0.25) is 9.13 Å². The normalized spacial score (nSPS) is 16.4. The zero-order valence-electron chi connectivity index (χ0n) is 22.4. The average Bonchev–Trinajstić information content (AvgIpc) is 3.75. The maximum atomic E-state index is 13.9. The third kappa shape index (κ3) is 5.05. The molecule has 6 rings (SSSR count). The molecule has 40 heavy (non-hydrogen) atoms. The van der Waals surface area contributed by atoms with E-state index in [0.717, 1.165) is 37.2 Å². The average molecular weight is 552 g/mol. The number of nitrogens with zero attached hydrogens (tertiary/aromatic N) is 3. The van der Waals surface area contributed by atoms with Gasteiger partial charge in [0.15, 0.2) is 0 Å². The Balaban J connectivity index is 1.31. The van der Waals surface area contributed by atoms with Gasteiger partial charge in [0.2, 0.25) is 0 Å². The molecule has 0 bridgehead atoms. The van der Waals surface area contributed by atoms with Gasteiger partial charge in [0, 0.05) is 19.1 Å². The van der Waals surface area contributed by atoms with Crippen LogP contribution in [0.15, 0.2) is 71.5 Å².